The standard InChI is InChI=1S/C34H45N3O2S/c1-3-5-6-7-8-9-10-11-12-13-14-22-32(38)36-34(40)35-29-25-23-28(24-26-29)33(39)37(4-2)31-21-17-19-27-18-15-16-20-30(27)31/h15-21,23-26H,3-14,22H2,1-2H3,(H2,35,36,38,40). The maximum Gasteiger partial charge on any atom is 0.258 e. The van der Waals surface area contributed by atoms with E-state index in [4.69, 9.17) is 12.2 Å². The zero-order valence-corrected chi connectivity index (χ0v) is 25.0. The van der Waals surface area contributed by atoms with E-state index in [1.54, 1.807) is 17.0 Å². The van der Waals surface area contributed by atoms with Crippen molar-refractivity contribution in [3.8, 4) is 0 Å². The molecular formula is C34H45N3O2S. The van der Waals surface area contributed by atoms with Gasteiger partial charge in [-0.05, 0) is 61.3 Å². The van der Waals surface area contributed by atoms with Crippen LogP contribution in [0.3, 0.4) is 0 Å². The maximum atomic E-state index is 13.4. The predicted molar refractivity (Wildman–Crippen MR) is 173 cm³/mol. The lowest BCUT2D eigenvalue weighted by Gasteiger charge is -2.23. The molecule has 0 aromatic heterocycles. The Balaban J connectivity index is 1.38. The highest BCUT2D eigenvalue weighted by Crippen LogP contribution is 2.28. The van der Waals surface area contributed by atoms with Gasteiger partial charge in [0.15, 0.2) is 5.11 Å². The van der Waals surface area contributed by atoms with Crippen molar-refractivity contribution < 1.29 is 9.59 Å². The topological polar surface area (TPSA) is 61.4 Å². The fourth-order valence-electron chi connectivity index (χ4n) is 5.02. The van der Waals surface area contributed by atoms with Crippen LogP contribution in [0.1, 0.15) is 101 Å². The summed E-state index contributed by atoms with van der Waals surface area (Å²) in [4.78, 5) is 27.5. The van der Waals surface area contributed by atoms with Crippen molar-refractivity contribution in [2.24, 2.45) is 0 Å². The molecule has 0 heterocycles. The molecule has 5 nitrogen and oxygen atoms in total. The van der Waals surface area contributed by atoms with Gasteiger partial charge in [-0.2, -0.15) is 0 Å². The van der Waals surface area contributed by atoms with Gasteiger partial charge in [0.2, 0.25) is 5.91 Å². The molecule has 0 aliphatic rings. The maximum absolute atomic E-state index is 13.4. The number of rotatable bonds is 16. The van der Waals surface area contributed by atoms with E-state index in [0.717, 1.165) is 35.0 Å². The second-order valence-electron chi connectivity index (χ2n) is 10.4. The average molecular weight is 560 g/mol. The first-order valence-electron chi connectivity index (χ1n) is 15.0. The van der Waals surface area contributed by atoms with Crippen LogP contribution in [0.5, 0.6) is 0 Å². The summed E-state index contributed by atoms with van der Waals surface area (Å²) in [5.74, 6) is -0.123. The third kappa shape index (κ3) is 10.1. The molecule has 2 amide bonds. The summed E-state index contributed by atoms with van der Waals surface area (Å²) in [5, 5.41) is 8.26. The Morgan fingerprint density at radius 3 is 1.98 bits per heavy atom. The van der Waals surface area contributed by atoms with Crippen LogP contribution in [0.25, 0.3) is 10.8 Å². The number of nitrogens with zero attached hydrogens (tertiary/aromatic N) is 1. The molecule has 40 heavy (non-hydrogen) atoms. The number of anilines is 2. The predicted octanol–water partition coefficient (Wildman–Crippen LogP) is 9.02. The zero-order chi connectivity index (χ0) is 28.6. The summed E-state index contributed by atoms with van der Waals surface area (Å²) in [6.07, 6.45) is 14.3. The van der Waals surface area contributed by atoms with E-state index < -0.39 is 0 Å². The van der Waals surface area contributed by atoms with Gasteiger partial charge in [0, 0.05) is 29.6 Å². The number of benzene rings is 3. The van der Waals surface area contributed by atoms with Crippen LogP contribution in [0, 0.1) is 0 Å². The van der Waals surface area contributed by atoms with Gasteiger partial charge in [-0.25, -0.2) is 0 Å². The van der Waals surface area contributed by atoms with Crippen molar-refractivity contribution in [3.05, 3.63) is 72.3 Å². The molecule has 6 heteroatoms. The van der Waals surface area contributed by atoms with E-state index in [0.29, 0.717) is 18.5 Å². The Kier molecular flexibility index (Phi) is 13.6. The molecule has 0 saturated heterocycles. The Morgan fingerprint density at radius 2 is 1.32 bits per heavy atom. The molecule has 214 valence electrons. The number of nitrogens with one attached hydrogen (secondary N) is 2. The number of thiocarbonyl (C=S) groups is 1. The lowest BCUT2D eigenvalue weighted by Crippen LogP contribution is -2.34. The number of hydrogen-bond acceptors (Lipinski definition) is 3. The van der Waals surface area contributed by atoms with Crippen LogP contribution in [-0.2, 0) is 4.79 Å². The minimum absolute atomic E-state index is 0.0612. The molecule has 0 aliphatic carbocycles. The van der Waals surface area contributed by atoms with Gasteiger partial charge < -0.3 is 15.5 Å². The van der Waals surface area contributed by atoms with Crippen LogP contribution < -0.4 is 15.5 Å². The first kappa shape index (κ1) is 31.3. The first-order valence-corrected chi connectivity index (χ1v) is 15.4. The van der Waals surface area contributed by atoms with Crippen molar-refractivity contribution in [3.63, 3.8) is 0 Å². The monoisotopic (exact) mass is 559 g/mol. The Labute approximate surface area is 245 Å². The highest BCUT2D eigenvalue weighted by Gasteiger charge is 2.18. The fourth-order valence-corrected chi connectivity index (χ4v) is 5.25. The van der Waals surface area contributed by atoms with Crippen LogP contribution in [0.4, 0.5) is 11.4 Å². The van der Waals surface area contributed by atoms with E-state index in [1.807, 2.05) is 49.4 Å². The van der Waals surface area contributed by atoms with Crippen molar-refractivity contribution in [2.45, 2.75) is 90.9 Å². The fraction of sp³-hybridized carbons (Fsp3) is 0.441. The van der Waals surface area contributed by atoms with Gasteiger partial charge in [-0.1, -0.05) is 108 Å². The molecule has 0 saturated carbocycles. The lowest BCUT2D eigenvalue weighted by molar-refractivity contribution is -0.119. The molecule has 0 fully saturated rings. The van der Waals surface area contributed by atoms with E-state index >= 15 is 0 Å². The Morgan fingerprint density at radius 1 is 0.725 bits per heavy atom. The van der Waals surface area contributed by atoms with E-state index in [9.17, 15) is 9.59 Å². The molecule has 0 radical (unpaired) electrons. The zero-order valence-electron chi connectivity index (χ0n) is 24.2. The average Bonchev–Trinajstić information content (AvgIpc) is 2.96. The smallest absolute Gasteiger partial charge is 0.258 e. The summed E-state index contributed by atoms with van der Waals surface area (Å²) < 4.78 is 0. The van der Waals surface area contributed by atoms with Gasteiger partial charge in [-0.15, -0.1) is 0 Å². The first-order chi connectivity index (χ1) is 19.5. The summed E-state index contributed by atoms with van der Waals surface area (Å²) in [5.41, 5.74) is 2.21. The Hall–Kier alpha value is -3.25. The minimum atomic E-state index is -0.0618. The van der Waals surface area contributed by atoms with Crippen molar-refractivity contribution in [1.29, 1.82) is 0 Å². The molecule has 2 N–H and O–H groups in total. The summed E-state index contributed by atoms with van der Waals surface area (Å²) in [6, 6.07) is 21.3. The summed E-state index contributed by atoms with van der Waals surface area (Å²) >= 11 is 5.33. The van der Waals surface area contributed by atoms with E-state index in [1.165, 1.54) is 57.8 Å². The lowest BCUT2D eigenvalue weighted by atomic mass is 10.1. The van der Waals surface area contributed by atoms with Crippen molar-refractivity contribution >= 4 is 51.3 Å². The van der Waals surface area contributed by atoms with Crippen LogP contribution in [0.15, 0.2) is 66.7 Å². The molecule has 3 rings (SSSR count). The van der Waals surface area contributed by atoms with Crippen LogP contribution in [0.2, 0.25) is 0 Å². The second-order valence-corrected chi connectivity index (χ2v) is 10.8. The third-order valence-corrected chi connectivity index (χ3v) is 7.47. The molecule has 0 bridgehead atoms. The van der Waals surface area contributed by atoms with E-state index in [-0.39, 0.29) is 16.9 Å². The van der Waals surface area contributed by atoms with Gasteiger partial charge in [0.25, 0.3) is 5.91 Å². The normalized spacial score (nSPS) is 10.8. The van der Waals surface area contributed by atoms with Gasteiger partial charge >= 0.3 is 0 Å². The summed E-state index contributed by atoms with van der Waals surface area (Å²) in [6.45, 7) is 4.79. The van der Waals surface area contributed by atoms with Crippen LogP contribution >= 0.6 is 12.2 Å². The molecule has 3 aromatic carbocycles. The highest BCUT2D eigenvalue weighted by atomic mass is 32.1. The van der Waals surface area contributed by atoms with Crippen molar-refractivity contribution in [1.82, 2.24) is 5.32 Å². The van der Waals surface area contributed by atoms with Gasteiger partial charge in [-0.3, -0.25) is 9.59 Å². The Bertz CT molecular complexity index is 1220. The van der Waals surface area contributed by atoms with Gasteiger partial charge in [0.05, 0.1) is 5.69 Å². The van der Waals surface area contributed by atoms with Gasteiger partial charge in [0.1, 0.15) is 0 Å². The molecule has 0 aliphatic heterocycles. The largest absolute Gasteiger partial charge is 0.332 e. The second kappa shape index (κ2) is 17.4. The molecule has 3 aromatic rings. The van der Waals surface area contributed by atoms with E-state index in [2.05, 4.69) is 29.7 Å². The highest BCUT2D eigenvalue weighted by molar-refractivity contribution is 7.80. The minimum Gasteiger partial charge on any atom is -0.332 e. The molecule has 0 unspecified atom stereocenters. The third-order valence-electron chi connectivity index (χ3n) is 7.27. The number of carbonyl (C=O) groups excluding carboxylic acids is 2. The summed E-state index contributed by atoms with van der Waals surface area (Å²) in [7, 11) is 0. The van der Waals surface area contributed by atoms with Crippen LogP contribution in [-0.4, -0.2) is 23.5 Å². The molecule has 0 spiro atoms. The molecular weight excluding hydrogens is 514 g/mol. The number of amides is 2. The van der Waals surface area contributed by atoms with Crippen molar-refractivity contribution in [2.75, 3.05) is 16.8 Å². The number of carbonyl (C=O) groups is 2. The number of fused-ring (bicyclic) bond motifs is 1. The quantitative estimate of drug-likeness (QED) is 0.136. The number of hydrogen-bond donors (Lipinski definition) is 2. The molecule has 0 atom stereocenters. The number of unbranched alkanes of at least 4 members (excludes halogenated alkanes) is 10. The SMILES string of the molecule is CCCCCCCCCCCCCC(=O)NC(=S)Nc1ccc(C(=O)N(CC)c2cccc3ccccc23)cc1.